The molecule has 7 heteroatoms. The van der Waals surface area contributed by atoms with E-state index in [1.54, 1.807) is 0 Å². The Balaban J connectivity index is 2.30. The van der Waals surface area contributed by atoms with Crippen LogP contribution in [-0.4, -0.2) is 28.3 Å². The molecule has 0 bridgehead atoms. The van der Waals surface area contributed by atoms with Crippen molar-refractivity contribution in [1.29, 1.82) is 0 Å². The van der Waals surface area contributed by atoms with E-state index in [0.717, 1.165) is 25.7 Å². The largest absolute Gasteiger partial charge is 0.336 e. The summed E-state index contributed by atoms with van der Waals surface area (Å²) in [5.41, 5.74) is 3.00. The number of nitro groups is 1. The van der Waals surface area contributed by atoms with Crippen molar-refractivity contribution < 1.29 is 9.72 Å². The van der Waals surface area contributed by atoms with Gasteiger partial charge in [0, 0.05) is 24.7 Å². The van der Waals surface area contributed by atoms with E-state index in [0.29, 0.717) is 12.2 Å². The van der Waals surface area contributed by atoms with Gasteiger partial charge in [-0.2, -0.15) is 0 Å². The fraction of sp³-hybridized carbons (Fsp3) is 0.500. The molecule has 0 radical (unpaired) electrons. The predicted octanol–water partition coefficient (Wildman–Crippen LogP) is 2.29. The van der Waals surface area contributed by atoms with E-state index in [-0.39, 0.29) is 23.2 Å². The fourth-order valence-electron chi connectivity index (χ4n) is 2.27. The van der Waals surface area contributed by atoms with Gasteiger partial charge in [-0.25, -0.2) is 0 Å². The molecule has 114 valence electrons. The topological polar surface area (TPSA) is 102 Å². The Hall–Kier alpha value is -2.15. The lowest BCUT2D eigenvalue weighted by molar-refractivity contribution is -0.384. The Kier molecular flexibility index (Phi) is 4.74. The Morgan fingerprint density at radius 2 is 2.24 bits per heavy atom. The molecule has 0 unspecified atom stereocenters. The number of nitro benzene ring substituents is 1. The highest BCUT2D eigenvalue weighted by atomic mass is 16.6. The molecule has 1 saturated carbocycles. The summed E-state index contributed by atoms with van der Waals surface area (Å²) < 4.78 is 0. The molecule has 1 aliphatic carbocycles. The number of carbonyl (C=O) groups excluding carboxylic acids is 1. The second-order valence-electron chi connectivity index (χ2n) is 5.21. The van der Waals surface area contributed by atoms with Crippen molar-refractivity contribution in [2.75, 3.05) is 12.0 Å². The molecular formula is C14H20N4O3. The standard InChI is InChI=1S/C14H20N4O3/c1-2-3-8-17(10-4-5-10)14(19)12-9-11(18(20)21)6-7-13(12)16-15/h6-7,9-10,16H,2-5,8,15H2,1H3. The van der Waals surface area contributed by atoms with Crippen LogP contribution in [0.3, 0.4) is 0 Å². The SMILES string of the molecule is CCCCN(C(=O)c1cc([N+](=O)[O-])ccc1NN)C1CC1. The maximum atomic E-state index is 12.7. The maximum Gasteiger partial charge on any atom is 0.270 e. The number of nitrogens with zero attached hydrogens (tertiary/aromatic N) is 2. The van der Waals surface area contributed by atoms with Crippen LogP contribution in [-0.2, 0) is 0 Å². The van der Waals surface area contributed by atoms with Gasteiger partial charge in [-0.3, -0.25) is 20.8 Å². The molecule has 0 aliphatic heterocycles. The first kappa shape index (κ1) is 15.2. The van der Waals surface area contributed by atoms with Gasteiger partial charge in [-0.15, -0.1) is 0 Å². The van der Waals surface area contributed by atoms with Crippen LogP contribution in [0.1, 0.15) is 43.0 Å². The Morgan fingerprint density at radius 3 is 2.76 bits per heavy atom. The van der Waals surface area contributed by atoms with Crippen molar-refractivity contribution >= 4 is 17.3 Å². The second-order valence-corrected chi connectivity index (χ2v) is 5.21. The Bertz CT molecular complexity index is 543. The Morgan fingerprint density at radius 1 is 1.52 bits per heavy atom. The number of hydrogen-bond acceptors (Lipinski definition) is 5. The van der Waals surface area contributed by atoms with Crippen LogP contribution >= 0.6 is 0 Å². The number of hydrazine groups is 1. The molecule has 0 saturated heterocycles. The number of benzene rings is 1. The van der Waals surface area contributed by atoms with E-state index >= 15 is 0 Å². The molecule has 0 spiro atoms. The van der Waals surface area contributed by atoms with E-state index in [4.69, 9.17) is 5.84 Å². The minimum Gasteiger partial charge on any atom is -0.336 e. The number of carbonyl (C=O) groups is 1. The molecule has 1 amide bonds. The van der Waals surface area contributed by atoms with Crippen molar-refractivity contribution in [2.45, 2.75) is 38.6 Å². The van der Waals surface area contributed by atoms with Crippen molar-refractivity contribution in [3.05, 3.63) is 33.9 Å². The number of amides is 1. The summed E-state index contributed by atoms with van der Waals surface area (Å²) in [7, 11) is 0. The summed E-state index contributed by atoms with van der Waals surface area (Å²) in [6.07, 6.45) is 3.90. The van der Waals surface area contributed by atoms with Crippen molar-refractivity contribution in [3.8, 4) is 0 Å². The lowest BCUT2D eigenvalue weighted by atomic mass is 10.1. The van der Waals surface area contributed by atoms with Gasteiger partial charge in [0.1, 0.15) is 0 Å². The zero-order chi connectivity index (χ0) is 15.4. The van der Waals surface area contributed by atoms with Crippen molar-refractivity contribution in [3.63, 3.8) is 0 Å². The van der Waals surface area contributed by atoms with E-state index in [1.165, 1.54) is 18.2 Å². The fourth-order valence-corrected chi connectivity index (χ4v) is 2.27. The van der Waals surface area contributed by atoms with Gasteiger partial charge in [-0.1, -0.05) is 13.3 Å². The number of nitrogens with two attached hydrogens (primary N) is 1. The molecular weight excluding hydrogens is 272 g/mol. The van der Waals surface area contributed by atoms with Gasteiger partial charge in [0.2, 0.25) is 0 Å². The van der Waals surface area contributed by atoms with E-state index in [2.05, 4.69) is 12.3 Å². The summed E-state index contributed by atoms with van der Waals surface area (Å²) in [4.78, 5) is 24.9. The highest BCUT2D eigenvalue weighted by Gasteiger charge is 2.33. The van der Waals surface area contributed by atoms with E-state index in [1.807, 2.05) is 4.90 Å². The lowest BCUT2D eigenvalue weighted by Crippen LogP contribution is -2.34. The molecule has 1 aliphatic rings. The van der Waals surface area contributed by atoms with E-state index in [9.17, 15) is 14.9 Å². The zero-order valence-electron chi connectivity index (χ0n) is 12.0. The van der Waals surface area contributed by atoms with Crippen LogP contribution in [0, 0.1) is 10.1 Å². The molecule has 3 N–H and O–H groups in total. The van der Waals surface area contributed by atoms with Crippen LogP contribution in [0.5, 0.6) is 0 Å². The lowest BCUT2D eigenvalue weighted by Gasteiger charge is -2.23. The summed E-state index contributed by atoms with van der Waals surface area (Å²) >= 11 is 0. The molecule has 0 atom stereocenters. The maximum absolute atomic E-state index is 12.7. The molecule has 0 aromatic heterocycles. The smallest absolute Gasteiger partial charge is 0.270 e. The first-order valence-electron chi connectivity index (χ1n) is 7.14. The first-order valence-corrected chi connectivity index (χ1v) is 7.14. The zero-order valence-corrected chi connectivity index (χ0v) is 12.0. The predicted molar refractivity (Wildman–Crippen MR) is 79.9 cm³/mol. The quantitative estimate of drug-likeness (QED) is 0.456. The minimum atomic E-state index is -0.509. The van der Waals surface area contributed by atoms with Crippen LogP contribution in [0.4, 0.5) is 11.4 Å². The third-order valence-electron chi connectivity index (χ3n) is 3.60. The highest BCUT2D eigenvalue weighted by Crippen LogP contribution is 2.31. The number of hydrogen-bond donors (Lipinski definition) is 2. The van der Waals surface area contributed by atoms with Crippen LogP contribution < -0.4 is 11.3 Å². The number of nitrogens with one attached hydrogen (secondary N) is 1. The van der Waals surface area contributed by atoms with Gasteiger partial charge < -0.3 is 10.3 Å². The Labute approximate surface area is 123 Å². The minimum absolute atomic E-state index is 0.108. The van der Waals surface area contributed by atoms with Crippen LogP contribution in [0.2, 0.25) is 0 Å². The molecule has 2 rings (SSSR count). The second kappa shape index (κ2) is 6.53. The molecule has 7 nitrogen and oxygen atoms in total. The average molecular weight is 292 g/mol. The summed E-state index contributed by atoms with van der Waals surface area (Å²) in [6, 6.07) is 4.35. The van der Waals surface area contributed by atoms with E-state index < -0.39 is 4.92 Å². The number of nitrogen functional groups attached to an aromatic ring is 1. The van der Waals surface area contributed by atoms with Crippen molar-refractivity contribution in [1.82, 2.24) is 4.90 Å². The van der Waals surface area contributed by atoms with Crippen molar-refractivity contribution in [2.24, 2.45) is 5.84 Å². The summed E-state index contributed by atoms with van der Waals surface area (Å²) in [6.45, 7) is 2.74. The number of unbranched alkanes of at least 4 members (excludes halogenated alkanes) is 1. The van der Waals surface area contributed by atoms with Crippen LogP contribution in [0.25, 0.3) is 0 Å². The normalized spacial score (nSPS) is 13.8. The number of non-ortho nitro benzene ring substituents is 1. The monoisotopic (exact) mass is 292 g/mol. The molecule has 1 fully saturated rings. The summed E-state index contributed by atoms with van der Waals surface area (Å²) in [5, 5.41) is 10.9. The highest BCUT2D eigenvalue weighted by molar-refractivity contribution is 6.00. The van der Waals surface area contributed by atoms with Gasteiger partial charge in [0.25, 0.3) is 11.6 Å². The molecule has 0 heterocycles. The van der Waals surface area contributed by atoms with Gasteiger partial charge in [-0.05, 0) is 25.3 Å². The number of anilines is 1. The molecule has 1 aromatic rings. The third-order valence-corrected chi connectivity index (χ3v) is 3.60. The third kappa shape index (κ3) is 3.49. The van der Waals surface area contributed by atoms with Crippen LogP contribution in [0.15, 0.2) is 18.2 Å². The first-order chi connectivity index (χ1) is 10.1. The van der Waals surface area contributed by atoms with Gasteiger partial charge in [0.05, 0.1) is 16.2 Å². The average Bonchev–Trinajstić information content (AvgIpc) is 3.31. The van der Waals surface area contributed by atoms with Gasteiger partial charge in [0.15, 0.2) is 0 Å². The molecule has 1 aromatic carbocycles. The van der Waals surface area contributed by atoms with Gasteiger partial charge >= 0.3 is 0 Å². The number of rotatable bonds is 7. The molecule has 21 heavy (non-hydrogen) atoms. The summed E-state index contributed by atoms with van der Waals surface area (Å²) in [5.74, 6) is 5.22.